The minimum Gasteiger partial charge on any atom is -0.398 e. The van der Waals surface area contributed by atoms with Gasteiger partial charge in [0.1, 0.15) is 5.65 Å². The Hall–Kier alpha value is -3.82. The topological polar surface area (TPSA) is 98.8 Å². The van der Waals surface area contributed by atoms with Gasteiger partial charge in [0.15, 0.2) is 0 Å². The first-order valence-corrected chi connectivity index (χ1v) is 9.56. The molecule has 0 unspecified atom stereocenters. The van der Waals surface area contributed by atoms with Crippen LogP contribution >= 0.6 is 11.6 Å². The largest absolute Gasteiger partial charge is 0.398 e. The second-order valence-electron chi connectivity index (χ2n) is 7.10. The van der Waals surface area contributed by atoms with Crippen LogP contribution in [0.1, 0.15) is 15.9 Å². The number of nitrogens with zero attached hydrogens (tertiary/aromatic N) is 3. The van der Waals surface area contributed by atoms with Crippen LogP contribution in [0.5, 0.6) is 0 Å². The van der Waals surface area contributed by atoms with Gasteiger partial charge in [0.25, 0.3) is 5.91 Å². The van der Waals surface area contributed by atoms with Crippen molar-refractivity contribution in [2.75, 3.05) is 19.8 Å². The zero-order valence-corrected chi connectivity index (χ0v) is 17.2. The maximum atomic E-state index is 12.5. The van der Waals surface area contributed by atoms with Crippen LogP contribution in [0.4, 0.5) is 5.69 Å². The van der Waals surface area contributed by atoms with Gasteiger partial charge in [0.05, 0.1) is 22.2 Å². The number of anilines is 1. The normalized spacial score (nSPS) is 10.7. The number of hydrogen-bond acceptors (Lipinski definition) is 4. The van der Waals surface area contributed by atoms with E-state index in [9.17, 15) is 4.79 Å². The SMILES string of the molecule is CN(C)C(=O)c1cc(-c2cnc3[nH]cc(-c4ccc(C#N)cc4)c3c2Cl)ccc1N. The van der Waals surface area contributed by atoms with Crippen molar-refractivity contribution in [3.8, 4) is 28.3 Å². The number of halogens is 1. The average molecular weight is 416 g/mol. The summed E-state index contributed by atoms with van der Waals surface area (Å²) in [4.78, 5) is 21.6. The lowest BCUT2D eigenvalue weighted by molar-refractivity contribution is 0.0828. The summed E-state index contributed by atoms with van der Waals surface area (Å²) in [5, 5.41) is 10.3. The van der Waals surface area contributed by atoms with Gasteiger partial charge in [-0.05, 0) is 35.4 Å². The molecule has 2 aromatic carbocycles. The van der Waals surface area contributed by atoms with Crippen molar-refractivity contribution in [3.63, 3.8) is 0 Å². The smallest absolute Gasteiger partial charge is 0.255 e. The number of aromatic amines is 1. The van der Waals surface area contributed by atoms with Crippen molar-refractivity contribution in [1.82, 2.24) is 14.9 Å². The third kappa shape index (κ3) is 3.25. The van der Waals surface area contributed by atoms with E-state index >= 15 is 0 Å². The molecule has 0 aliphatic rings. The highest BCUT2D eigenvalue weighted by Gasteiger charge is 2.18. The van der Waals surface area contributed by atoms with Gasteiger partial charge >= 0.3 is 0 Å². The van der Waals surface area contributed by atoms with Gasteiger partial charge in [-0.1, -0.05) is 29.8 Å². The molecule has 0 atom stereocenters. The number of carbonyl (C=O) groups is 1. The Kier molecular flexibility index (Phi) is 4.90. The highest BCUT2D eigenvalue weighted by atomic mass is 35.5. The quantitative estimate of drug-likeness (QED) is 0.473. The number of hydrogen-bond donors (Lipinski definition) is 2. The number of aromatic nitrogens is 2. The van der Waals surface area contributed by atoms with Crippen LogP contribution in [-0.2, 0) is 0 Å². The summed E-state index contributed by atoms with van der Waals surface area (Å²) < 4.78 is 0. The van der Waals surface area contributed by atoms with Gasteiger partial charge < -0.3 is 15.6 Å². The molecule has 148 valence electrons. The van der Waals surface area contributed by atoms with Crippen molar-refractivity contribution in [3.05, 3.63) is 71.0 Å². The molecule has 3 N–H and O–H groups in total. The van der Waals surface area contributed by atoms with E-state index in [2.05, 4.69) is 16.0 Å². The number of pyridine rings is 1. The van der Waals surface area contributed by atoms with Crippen LogP contribution in [0.25, 0.3) is 33.3 Å². The number of carbonyl (C=O) groups excluding carboxylic acids is 1. The van der Waals surface area contributed by atoms with E-state index in [1.54, 1.807) is 44.6 Å². The molecule has 4 rings (SSSR count). The Morgan fingerprint density at radius 2 is 1.83 bits per heavy atom. The minimum atomic E-state index is -0.181. The van der Waals surface area contributed by atoms with E-state index in [0.717, 1.165) is 22.1 Å². The Balaban J connectivity index is 1.88. The molecule has 0 bridgehead atoms. The fraction of sp³-hybridized carbons (Fsp3) is 0.0870. The number of nitrogen functional groups attached to an aromatic ring is 1. The fourth-order valence-electron chi connectivity index (χ4n) is 3.36. The lowest BCUT2D eigenvalue weighted by Gasteiger charge is -2.14. The maximum absolute atomic E-state index is 12.5. The predicted molar refractivity (Wildman–Crippen MR) is 119 cm³/mol. The molecule has 1 amide bonds. The van der Waals surface area contributed by atoms with Crippen molar-refractivity contribution in [2.24, 2.45) is 0 Å². The molecule has 0 radical (unpaired) electrons. The zero-order valence-electron chi connectivity index (χ0n) is 16.4. The third-order valence-corrected chi connectivity index (χ3v) is 5.36. The number of amides is 1. The van der Waals surface area contributed by atoms with Crippen LogP contribution < -0.4 is 5.73 Å². The second-order valence-corrected chi connectivity index (χ2v) is 7.48. The molecule has 0 saturated carbocycles. The predicted octanol–water partition coefficient (Wildman–Crippen LogP) is 4.71. The Morgan fingerprint density at radius 3 is 2.50 bits per heavy atom. The minimum absolute atomic E-state index is 0.181. The monoisotopic (exact) mass is 415 g/mol. The summed E-state index contributed by atoms with van der Waals surface area (Å²) in [5.74, 6) is -0.181. The van der Waals surface area contributed by atoms with Crippen LogP contribution in [-0.4, -0.2) is 34.9 Å². The number of H-pyrrole nitrogens is 1. The number of nitrogens with one attached hydrogen (secondary N) is 1. The number of fused-ring (bicyclic) bond motifs is 1. The summed E-state index contributed by atoms with van der Waals surface area (Å²) in [6, 6.07) is 14.7. The van der Waals surface area contributed by atoms with E-state index < -0.39 is 0 Å². The van der Waals surface area contributed by atoms with Gasteiger partial charge in [0, 0.05) is 48.7 Å². The summed E-state index contributed by atoms with van der Waals surface area (Å²) in [5.41, 5.74) is 11.3. The molecule has 6 nitrogen and oxygen atoms in total. The zero-order chi connectivity index (χ0) is 21.4. The number of nitriles is 1. The molecular formula is C23H18ClN5O. The Bertz CT molecular complexity index is 1320. The number of benzene rings is 2. The summed E-state index contributed by atoms with van der Waals surface area (Å²) in [6.07, 6.45) is 3.53. The van der Waals surface area contributed by atoms with Gasteiger partial charge in [-0.2, -0.15) is 5.26 Å². The Morgan fingerprint density at radius 1 is 1.13 bits per heavy atom. The van der Waals surface area contributed by atoms with E-state index in [-0.39, 0.29) is 5.91 Å². The molecule has 0 aliphatic carbocycles. The third-order valence-electron chi connectivity index (χ3n) is 4.96. The van der Waals surface area contributed by atoms with Gasteiger partial charge in [0.2, 0.25) is 0 Å². The highest BCUT2D eigenvalue weighted by molar-refractivity contribution is 6.39. The molecule has 2 aromatic heterocycles. The fourth-order valence-corrected chi connectivity index (χ4v) is 3.71. The summed E-state index contributed by atoms with van der Waals surface area (Å²) >= 11 is 6.83. The van der Waals surface area contributed by atoms with Crippen LogP contribution in [0, 0.1) is 11.3 Å². The van der Waals surface area contributed by atoms with Crippen LogP contribution in [0.2, 0.25) is 5.02 Å². The first-order valence-electron chi connectivity index (χ1n) is 9.18. The standard InChI is InChI=1S/C23H18ClN5O/c1-29(2)23(30)16-9-15(7-8-19(16)26)18-12-28-22-20(21(18)24)17(11-27-22)14-5-3-13(10-25)4-6-14/h3-9,11-12H,26H2,1-2H3,(H,27,28). The van der Waals surface area contributed by atoms with E-state index in [1.165, 1.54) is 4.90 Å². The molecular weight excluding hydrogens is 398 g/mol. The number of nitrogens with two attached hydrogens (primary N) is 1. The molecule has 2 heterocycles. The van der Waals surface area contributed by atoms with E-state index in [4.69, 9.17) is 22.6 Å². The van der Waals surface area contributed by atoms with Gasteiger partial charge in [-0.15, -0.1) is 0 Å². The summed E-state index contributed by atoms with van der Waals surface area (Å²) in [7, 11) is 3.36. The van der Waals surface area contributed by atoms with Gasteiger partial charge in [-0.3, -0.25) is 4.79 Å². The first kappa shape index (κ1) is 19.5. The molecule has 0 spiro atoms. The Labute approximate surface area is 178 Å². The van der Waals surface area contributed by atoms with Crippen LogP contribution in [0.15, 0.2) is 54.9 Å². The highest BCUT2D eigenvalue weighted by Crippen LogP contribution is 2.39. The first-order chi connectivity index (χ1) is 14.4. The molecule has 0 saturated heterocycles. The van der Waals surface area contributed by atoms with E-state index in [1.807, 2.05) is 24.4 Å². The van der Waals surface area contributed by atoms with Crippen molar-refractivity contribution in [2.45, 2.75) is 0 Å². The molecule has 30 heavy (non-hydrogen) atoms. The molecule has 7 heteroatoms. The average Bonchev–Trinajstić information content (AvgIpc) is 3.19. The maximum Gasteiger partial charge on any atom is 0.255 e. The van der Waals surface area contributed by atoms with E-state index in [0.29, 0.717) is 33.0 Å². The van der Waals surface area contributed by atoms with Crippen molar-refractivity contribution < 1.29 is 4.79 Å². The molecule has 4 aromatic rings. The lowest BCUT2D eigenvalue weighted by Crippen LogP contribution is -2.22. The molecule has 0 fully saturated rings. The molecule has 0 aliphatic heterocycles. The van der Waals surface area contributed by atoms with Gasteiger partial charge in [-0.25, -0.2) is 4.98 Å². The van der Waals surface area contributed by atoms with Crippen molar-refractivity contribution >= 4 is 34.2 Å². The second kappa shape index (κ2) is 7.54. The lowest BCUT2D eigenvalue weighted by atomic mass is 9.99. The number of rotatable bonds is 3. The van der Waals surface area contributed by atoms with Crippen LogP contribution in [0.3, 0.4) is 0 Å². The van der Waals surface area contributed by atoms with Crippen molar-refractivity contribution in [1.29, 1.82) is 5.26 Å². The summed E-state index contributed by atoms with van der Waals surface area (Å²) in [6.45, 7) is 0.